The van der Waals surface area contributed by atoms with Crippen molar-refractivity contribution in [2.45, 2.75) is 25.7 Å². The van der Waals surface area contributed by atoms with Crippen LogP contribution in [0, 0.1) is 0 Å². The molecule has 0 saturated heterocycles. The number of aryl methyl sites for hydroxylation is 1. The Hall–Kier alpha value is -0.640. The smallest absolute Gasteiger partial charge is 0.161 e. The van der Waals surface area contributed by atoms with Gasteiger partial charge >= 0.3 is 0 Å². The zero-order chi connectivity index (χ0) is 13.4. The maximum atomic E-state index is 6.28. The van der Waals surface area contributed by atoms with Crippen LogP contribution in [0.15, 0.2) is 22.7 Å². The number of hydrogen-bond donors (Lipinski definition) is 0. The predicted molar refractivity (Wildman–Crippen MR) is 81.8 cm³/mol. The lowest BCUT2D eigenvalue weighted by atomic mass is 9.97. The highest BCUT2D eigenvalue weighted by Gasteiger charge is 2.17. The quantitative estimate of drug-likeness (QED) is 0.664. The van der Waals surface area contributed by atoms with Crippen LogP contribution in [0.1, 0.15) is 24.1 Å². The molecule has 1 aromatic carbocycles. The Balaban J connectivity index is 2.10. The zero-order valence-corrected chi connectivity index (χ0v) is 13.2. The predicted octanol–water partition coefficient (Wildman–Crippen LogP) is 5.09. The third-order valence-corrected chi connectivity index (χ3v) is 4.84. The summed E-state index contributed by atoms with van der Waals surface area (Å²) < 4.78 is 0.837. The van der Waals surface area contributed by atoms with E-state index in [2.05, 4.69) is 25.9 Å². The summed E-state index contributed by atoms with van der Waals surface area (Å²) in [5.74, 6) is 0.669. The highest BCUT2D eigenvalue weighted by Crippen LogP contribution is 2.31. The van der Waals surface area contributed by atoms with Gasteiger partial charge in [-0.25, -0.2) is 9.97 Å². The van der Waals surface area contributed by atoms with Crippen LogP contribution in [0.5, 0.6) is 0 Å². The lowest BCUT2D eigenvalue weighted by Gasteiger charge is -2.16. The fourth-order valence-electron chi connectivity index (χ4n) is 2.31. The number of benzene rings is 1. The minimum atomic E-state index is 0.589. The molecule has 0 N–H and O–H groups in total. The van der Waals surface area contributed by atoms with E-state index in [-0.39, 0.29) is 0 Å². The van der Waals surface area contributed by atoms with E-state index in [1.54, 1.807) is 0 Å². The third kappa shape index (κ3) is 2.64. The number of nitrogens with zero attached hydrogens (tertiary/aromatic N) is 2. The zero-order valence-electron chi connectivity index (χ0n) is 10.1. The number of aromatic nitrogens is 2. The molecular formula is C14H11BrCl2N2. The van der Waals surface area contributed by atoms with Crippen molar-refractivity contribution in [2.75, 3.05) is 0 Å². The topological polar surface area (TPSA) is 25.8 Å². The summed E-state index contributed by atoms with van der Waals surface area (Å²) in [6, 6.07) is 5.66. The molecule has 0 bridgehead atoms. The van der Waals surface area contributed by atoms with Crippen molar-refractivity contribution in [1.29, 1.82) is 0 Å². The van der Waals surface area contributed by atoms with E-state index in [0.29, 0.717) is 16.0 Å². The Morgan fingerprint density at radius 3 is 2.63 bits per heavy atom. The van der Waals surface area contributed by atoms with Gasteiger partial charge in [-0.2, -0.15) is 0 Å². The second-order valence-electron chi connectivity index (χ2n) is 4.60. The van der Waals surface area contributed by atoms with Crippen LogP contribution in [0.3, 0.4) is 0 Å². The fraction of sp³-hybridized carbons (Fsp3) is 0.286. The Bertz CT molecular complexity index is 644. The van der Waals surface area contributed by atoms with E-state index in [1.165, 1.54) is 12.8 Å². The summed E-state index contributed by atoms with van der Waals surface area (Å²) >= 11 is 15.7. The van der Waals surface area contributed by atoms with Crippen LogP contribution in [-0.2, 0) is 12.8 Å². The molecule has 1 aliphatic rings. The van der Waals surface area contributed by atoms with Gasteiger partial charge in [0.1, 0.15) is 5.15 Å². The molecule has 0 atom stereocenters. The molecule has 0 saturated carbocycles. The molecule has 19 heavy (non-hydrogen) atoms. The minimum absolute atomic E-state index is 0.589. The van der Waals surface area contributed by atoms with Crippen LogP contribution in [0.25, 0.3) is 11.4 Å². The fourth-order valence-corrected chi connectivity index (χ4v) is 3.09. The van der Waals surface area contributed by atoms with E-state index in [1.807, 2.05) is 18.2 Å². The molecule has 2 aromatic rings. The van der Waals surface area contributed by atoms with Crippen molar-refractivity contribution < 1.29 is 0 Å². The number of rotatable bonds is 1. The Kier molecular flexibility index (Phi) is 3.79. The van der Waals surface area contributed by atoms with Gasteiger partial charge in [0.2, 0.25) is 0 Å². The van der Waals surface area contributed by atoms with Gasteiger partial charge in [0, 0.05) is 21.3 Å². The largest absolute Gasteiger partial charge is 0.233 e. The van der Waals surface area contributed by atoms with E-state index in [0.717, 1.165) is 34.1 Å². The molecule has 3 rings (SSSR count). The standard InChI is InChI=1S/C14H11BrCl2N2/c15-10-7-8(5-6-11(10)16)14-18-12-4-2-1-3-9(12)13(17)19-14/h5-7H,1-4H2. The van der Waals surface area contributed by atoms with E-state index >= 15 is 0 Å². The van der Waals surface area contributed by atoms with Gasteiger partial charge in [0.15, 0.2) is 5.82 Å². The SMILES string of the molecule is Clc1ccc(-c2nc(Cl)c3c(n2)CCCC3)cc1Br. The van der Waals surface area contributed by atoms with Crippen LogP contribution < -0.4 is 0 Å². The first kappa shape index (κ1) is 13.3. The van der Waals surface area contributed by atoms with Gasteiger partial charge in [-0.15, -0.1) is 0 Å². The normalized spacial score (nSPS) is 14.3. The summed E-state index contributed by atoms with van der Waals surface area (Å²) in [6.45, 7) is 0. The van der Waals surface area contributed by atoms with Crippen LogP contribution in [0.2, 0.25) is 10.2 Å². The van der Waals surface area contributed by atoms with Gasteiger partial charge in [-0.1, -0.05) is 23.2 Å². The Morgan fingerprint density at radius 2 is 1.84 bits per heavy atom. The molecule has 0 unspecified atom stereocenters. The second kappa shape index (κ2) is 5.39. The molecular weight excluding hydrogens is 347 g/mol. The van der Waals surface area contributed by atoms with Crippen molar-refractivity contribution in [3.63, 3.8) is 0 Å². The lowest BCUT2D eigenvalue weighted by Crippen LogP contribution is -2.08. The molecule has 0 fully saturated rings. The molecule has 0 aliphatic heterocycles. The van der Waals surface area contributed by atoms with Crippen molar-refractivity contribution in [2.24, 2.45) is 0 Å². The molecule has 98 valence electrons. The maximum Gasteiger partial charge on any atom is 0.161 e. The highest BCUT2D eigenvalue weighted by molar-refractivity contribution is 9.10. The van der Waals surface area contributed by atoms with Crippen LogP contribution in [-0.4, -0.2) is 9.97 Å². The van der Waals surface area contributed by atoms with E-state index < -0.39 is 0 Å². The lowest BCUT2D eigenvalue weighted by molar-refractivity contribution is 0.663. The van der Waals surface area contributed by atoms with Crippen molar-refractivity contribution >= 4 is 39.1 Å². The maximum absolute atomic E-state index is 6.28. The van der Waals surface area contributed by atoms with E-state index in [9.17, 15) is 0 Å². The molecule has 1 heterocycles. The minimum Gasteiger partial charge on any atom is -0.233 e. The number of hydrogen-bond acceptors (Lipinski definition) is 2. The van der Waals surface area contributed by atoms with Gasteiger partial charge in [-0.3, -0.25) is 0 Å². The molecule has 1 aliphatic carbocycles. The first-order valence-corrected chi connectivity index (χ1v) is 7.71. The van der Waals surface area contributed by atoms with Crippen molar-refractivity contribution in [3.8, 4) is 11.4 Å². The molecule has 0 spiro atoms. The summed E-state index contributed by atoms with van der Waals surface area (Å²) in [7, 11) is 0. The summed E-state index contributed by atoms with van der Waals surface area (Å²) in [5.41, 5.74) is 3.13. The molecule has 0 amide bonds. The van der Waals surface area contributed by atoms with E-state index in [4.69, 9.17) is 23.2 Å². The Morgan fingerprint density at radius 1 is 1.05 bits per heavy atom. The average Bonchev–Trinajstić information content (AvgIpc) is 2.42. The van der Waals surface area contributed by atoms with Gasteiger partial charge in [0.05, 0.1) is 5.02 Å². The molecule has 0 radical (unpaired) electrons. The second-order valence-corrected chi connectivity index (χ2v) is 6.22. The van der Waals surface area contributed by atoms with Gasteiger partial charge in [-0.05, 0) is 59.8 Å². The van der Waals surface area contributed by atoms with Gasteiger partial charge in [0.25, 0.3) is 0 Å². The van der Waals surface area contributed by atoms with Crippen molar-refractivity contribution in [1.82, 2.24) is 9.97 Å². The number of fused-ring (bicyclic) bond motifs is 1. The number of halogens is 3. The average molecular weight is 358 g/mol. The monoisotopic (exact) mass is 356 g/mol. The van der Waals surface area contributed by atoms with Crippen LogP contribution in [0.4, 0.5) is 0 Å². The summed E-state index contributed by atoms with van der Waals surface area (Å²) in [5, 5.41) is 1.26. The Labute approximate surface area is 130 Å². The molecule has 1 aromatic heterocycles. The molecule has 2 nitrogen and oxygen atoms in total. The van der Waals surface area contributed by atoms with Gasteiger partial charge < -0.3 is 0 Å². The van der Waals surface area contributed by atoms with Crippen LogP contribution >= 0.6 is 39.1 Å². The first-order valence-electron chi connectivity index (χ1n) is 6.16. The van der Waals surface area contributed by atoms with Crippen molar-refractivity contribution in [3.05, 3.63) is 44.1 Å². The summed E-state index contributed by atoms with van der Waals surface area (Å²) in [6.07, 6.45) is 4.31. The summed E-state index contributed by atoms with van der Waals surface area (Å²) in [4.78, 5) is 9.07. The third-order valence-electron chi connectivity index (χ3n) is 3.31. The molecule has 5 heteroatoms. The first-order chi connectivity index (χ1) is 9.15. The highest BCUT2D eigenvalue weighted by atomic mass is 79.9.